The molecule has 1 saturated heterocycles. The van der Waals surface area contributed by atoms with Gasteiger partial charge in [-0.25, -0.2) is 9.59 Å². The number of hydrogen-bond donors (Lipinski definition) is 2. The maximum absolute atomic E-state index is 12.2. The average molecular weight is 313 g/mol. The van der Waals surface area contributed by atoms with Crippen molar-refractivity contribution in [2.45, 2.75) is 6.18 Å². The lowest BCUT2D eigenvalue weighted by molar-refractivity contribution is -0.148. The smallest absolute Gasteiger partial charge is 0.401 e. The zero-order chi connectivity index (χ0) is 15.9. The van der Waals surface area contributed by atoms with Gasteiger partial charge in [-0.3, -0.25) is 4.90 Å². The Morgan fingerprint density at radius 1 is 1.19 bits per heavy atom. The summed E-state index contributed by atoms with van der Waals surface area (Å²) in [6.45, 7) is -0.418. The number of halogens is 3. The molecule has 0 atom stereocenters. The summed E-state index contributed by atoms with van der Waals surface area (Å²) in [5.74, 6) is -1.10. The van der Waals surface area contributed by atoms with Crippen molar-refractivity contribution in [1.29, 1.82) is 0 Å². The highest BCUT2D eigenvalue weighted by Crippen LogP contribution is 2.17. The Kier molecular flexibility index (Phi) is 6.69. The highest BCUT2D eigenvalue weighted by atomic mass is 19.4. The minimum Gasteiger partial charge on any atom is -0.480 e. The third kappa shape index (κ3) is 7.71. The lowest BCUT2D eigenvalue weighted by Gasteiger charge is -2.34. The molecule has 0 bridgehead atoms. The zero-order valence-electron chi connectivity index (χ0n) is 11.4. The van der Waals surface area contributed by atoms with Gasteiger partial charge in [-0.2, -0.15) is 13.2 Å². The number of carboxylic acid groups (broad SMARTS) is 1. The van der Waals surface area contributed by atoms with Gasteiger partial charge < -0.3 is 20.1 Å². The van der Waals surface area contributed by atoms with Gasteiger partial charge >= 0.3 is 18.2 Å². The van der Waals surface area contributed by atoms with Gasteiger partial charge in [0.15, 0.2) is 0 Å². The molecule has 0 aromatic heterocycles. The summed E-state index contributed by atoms with van der Waals surface area (Å²) in [7, 11) is 0. The molecule has 1 aliphatic heterocycles. The molecule has 0 aromatic rings. The number of amides is 2. The number of aliphatic carboxylic acids is 1. The first-order valence-electron chi connectivity index (χ1n) is 6.39. The Labute approximate surface area is 119 Å². The maximum atomic E-state index is 12.2. The van der Waals surface area contributed by atoms with E-state index in [2.05, 4.69) is 5.32 Å². The molecular weight excluding hydrogens is 295 g/mol. The van der Waals surface area contributed by atoms with Crippen LogP contribution in [0.15, 0.2) is 0 Å². The lowest BCUT2D eigenvalue weighted by Crippen LogP contribution is -2.53. The van der Waals surface area contributed by atoms with E-state index in [4.69, 9.17) is 9.84 Å². The summed E-state index contributed by atoms with van der Waals surface area (Å²) in [4.78, 5) is 24.5. The third-order valence-electron chi connectivity index (χ3n) is 2.81. The number of ether oxygens (including phenoxy) is 1. The number of carbonyl (C=O) groups is 2. The highest BCUT2D eigenvalue weighted by Gasteiger charge is 2.32. The van der Waals surface area contributed by atoms with E-state index in [9.17, 15) is 22.8 Å². The fourth-order valence-corrected chi connectivity index (χ4v) is 1.86. The first-order chi connectivity index (χ1) is 9.78. The SMILES string of the molecule is O=C(O)COCCNC(=O)N1CCN(CC(F)(F)F)CC1. The molecule has 2 N–H and O–H groups in total. The Morgan fingerprint density at radius 2 is 1.81 bits per heavy atom. The lowest BCUT2D eigenvalue weighted by atomic mass is 10.3. The van der Waals surface area contributed by atoms with Gasteiger partial charge in [0, 0.05) is 32.7 Å². The molecule has 122 valence electrons. The predicted molar refractivity (Wildman–Crippen MR) is 65.9 cm³/mol. The van der Waals surface area contributed by atoms with Gasteiger partial charge in [-0.05, 0) is 0 Å². The summed E-state index contributed by atoms with van der Waals surface area (Å²) in [6, 6.07) is -0.388. The molecular formula is C11H18F3N3O4. The molecule has 1 rings (SSSR count). The van der Waals surface area contributed by atoms with Crippen LogP contribution in [0.5, 0.6) is 0 Å². The second-order valence-corrected chi connectivity index (χ2v) is 4.56. The monoisotopic (exact) mass is 313 g/mol. The maximum Gasteiger partial charge on any atom is 0.401 e. The van der Waals surface area contributed by atoms with E-state index in [0.29, 0.717) is 0 Å². The third-order valence-corrected chi connectivity index (χ3v) is 2.81. The summed E-state index contributed by atoms with van der Waals surface area (Å²) >= 11 is 0. The molecule has 0 aromatic carbocycles. The van der Waals surface area contributed by atoms with E-state index in [1.54, 1.807) is 0 Å². The van der Waals surface area contributed by atoms with Gasteiger partial charge in [0.05, 0.1) is 13.2 Å². The van der Waals surface area contributed by atoms with Gasteiger partial charge in [-0.15, -0.1) is 0 Å². The topological polar surface area (TPSA) is 82.1 Å². The number of alkyl halides is 3. The molecule has 21 heavy (non-hydrogen) atoms. The zero-order valence-corrected chi connectivity index (χ0v) is 11.4. The average Bonchev–Trinajstić information content (AvgIpc) is 2.36. The van der Waals surface area contributed by atoms with Crippen molar-refractivity contribution >= 4 is 12.0 Å². The van der Waals surface area contributed by atoms with Crippen LogP contribution in [0.1, 0.15) is 0 Å². The van der Waals surface area contributed by atoms with Crippen LogP contribution in [0.4, 0.5) is 18.0 Å². The number of carbonyl (C=O) groups excluding carboxylic acids is 1. The van der Waals surface area contributed by atoms with E-state index in [-0.39, 0.29) is 45.4 Å². The fourth-order valence-electron chi connectivity index (χ4n) is 1.86. The van der Waals surface area contributed by atoms with Crippen molar-refractivity contribution in [3.63, 3.8) is 0 Å². The van der Waals surface area contributed by atoms with Crippen molar-refractivity contribution in [2.75, 3.05) is 52.5 Å². The highest BCUT2D eigenvalue weighted by molar-refractivity contribution is 5.74. The first-order valence-corrected chi connectivity index (χ1v) is 6.39. The van der Waals surface area contributed by atoms with E-state index >= 15 is 0 Å². The van der Waals surface area contributed by atoms with Crippen LogP contribution in [0.2, 0.25) is 0 Å². The fraction of sp³-hybridized carbons (Fsp3) is 0.818. The molecule has 10 heteroatoms. The number of nitrogens with one attached hydrogen (secondary N) is 1. The van der Waals surface area contributed by atoms with Crippen LogP contribution in [0.25, 0.3) is 0 Å². The Morgan fingerprint density at radius 3 is 2.33 bits per heavy atom. The van der Waals surface area contributed by atoms with E-state index in [1.807, 2.05) is 0 Å². The molecule has 1 fully saturated rings. The van der Waals surface area contributed by atoms with Crippen LogP contribution in [0.3, 0.4) is 0 Å². The minimum atomic E-state index is -4.23. The number of nitrogens with zero attached hydrogens (tertiary/aromatic N) is 2. The normalized spacial score (nSPS) is 16.8. The summed E-state index contributed by atoms with van der Waals surface area (Å²) < 4.78 is 41.3. The van der Waals surface area contributed by atoms with Crippen molar-refractivity contribution in [1.82, 2.24) is 15.1 Å². The van der Waals surface area contributed by atoms with E-state index < -0.39 is 25.3 Å². The molecule has 1 heterocycles. The van der Waals surface area contributed by atoms with Gasteiger partial charge in [0.2, 0.25) is 0 Å². The van der Waals surface area contributed by atoms with Crippen LogP contribution < -0.4 is 5.32 Å². The van der Waals surface area contributed by atoms with Crippen molar-refractivity contribution in [2.24, 2.45) is 0 Å². The first kappa shape index (κ1) is 17.5. The van der Waals surface area contributed by atoms with E-state index in [1.165, 1.54) is 9.80 Å². The van der Waals surface area contributed by atoms with Gasteiger partial charge in [0.25, 0.3) is 0 Å². The van der Waals surface area contributed by atoms with Crippen molar-refractivity contribution < 1.29 is 32.6 Å². The van der Waals surface area contributed by atoms with E-state index in [0.717, 1.165) is 0 Å². The molecule has 0 spiro atoms. The Hall–Kier alpha value is -1.55. The standard InChI is InChI=1S/C11H18F3N3O4/c12-11(13,14)8-16-2-4-17(5-3-16)10(20)15-1-6-21-7-9(18)19/h1-8H2,(H,15,20)(H,18,19). The Balaban J connectivity index is 2.15. The summed E-state index contributed by atoms with van der Waals surface area (Å²) in [5, 5.41) is 10.8. The second-order valence-electron chi connectivity index (χ2n) is 4.56. The van der Waals surface area contributed by atoms with Gasteiger partial charge in [0.1, 0.15) is 6.61 Å². The summed E-state index contributed by atoms with van der Waals surface area (Å²) in [5.41, 5.74) is 0. The number of hydrogen-bond acceptors (Lipinski definition) is 4. The number of urea groups is 1. The predicted octanol–water partition coefficient (Wildman–Crippen LogP) is -0.0229. The Bertz CT molecular complexity index is 357. The molecule has 1 aliphatic rings. The van der Waals surface area contributed by atoms with Gasteiger partial charge in [-0.1, -0.05) is 0 Å². The van der Waals surface area contributed by atoms with Crippen LogP contribution in [0, 0.1) is 0 Å². The van der Waals surface area contributed by atoms with Crippen LogP contribution >= 0.6 is 0 Å². The van der Waals surface area contributed by atoms with Crippen LogP contribution in [-0.4, -0.2) is 85.6 Å². The van der Waals surface area contributed by atoms with Crippen molar-refractivity contribution in [3.05, 3.63) is 0 Å². The molecule has 0 aliphatic carbocycles. The minimum absolute atomic E-state index is 0.0616. The largest absolute Gasteiger partial charge is 0.480 e. The molecule has 2 amide bonds. The van der Waals surface area contributed by atoms with Crippen LogP contribution in [-0.2, 0) is 9.53 Å². The number of piperazine rings is 1. The number of rotatable bonds is 6. The van der Waals surface area contributed by atoms with Crippen molar-refractivity contribution in [3.8, 4) is 0 Å². The quantitative estimate of drug-likeness (QED) is 0.673. The number of carboxylic acids is 1. The molecule has 0 radical (unpaired) electrons. The molecule has 7 nitrogen and oxygen atoms in total. The molecule has 0 saturated carbocycles. The summed E-state index contributed by atoms with van der Waals surface area (Å²) in [6.07, 6.45) is -4.23. The molecule has 0 unspecified atom stereocenters. The second kappa shape index (κ2) is 8.03.